The molecule has 0 bridgehead atoms. The molecule has 0 aromatic heterocycles. The van der Waals surface area contributed by atoms with Gasteiger partial charge in [-0.1, -0.05) is 29.3 Å². The first-order valence-electron chi connectivity index (χ1n) is 6.05. The lowest BCUT2D eigenvalue weighted by atomic mass is 10.2. The second-order valence-electron chi connectivity index (χ2n) is 4.62. The Labute approximate surface area is 123 Å². The maximum atomic E-state index is 12.5. The number of hydrogen-bond acceptors (Lipinski definition) is 3. The van der Waals surface area contributed by atoms with E-state index in [1.165, 1.54) is 4.31 Å². The molecule has 1 heterocycles. The van der Waals surface area contributed by atoms with Gasteiger partial charge in [-0.25, -0.2) is 8.42 Å². The van der Waals surface area contributed by atoms with E-state index in [9.17, 15) is 8.42 Å². The van der Waals surface area contributed by atoms with Crippen molar-refractivity contribution in [3.05, 3.63) is 33.8 Å². The molecule has 1 aliphatic rings. The Morgan fingerprint density at radius 3 is 2.58 bits per heavy atom. The Balaban J connectivity index is 2.26. The monoisotopic (exact) mass is 322 g/mol. The minimum atomic E-state index is -3.41. The maximum absolute atomic E-state index is 12.5. The van der Waals surface area contributed by atoms with Gasteiger partial charge in [0.2, 0.25) is 10.0 Å². The molecule has 4 nitrogen and oxygen atoms in total. The van der Waals surface area contributed by atoms with Crippen LogP contribution in [-0.4, -0.2) is 38.4 Å². The van der Waals surface area contributed by atoms with E-state index in [1.54, 1.807) is 18.2 Å². The average molecular weight is 323 g/mol. The standard InChI is InChI=1S/C12H16Cl2N2O2S/c1-9-7-15-5-6-16(9)19(17,18)8-10-11(13)3-2-4-12(10)14/h2-4,9,15H,5-8H2,1H3. The Bertz CT molecular complexity index is 543. The summed E-state index contributed by atoms with van der Waals surface area (Å²) in [6, 6.07) is 4.95. The van der Waals surface area contributed by atoms with Gasteiger partial charge in [-0.3, -0.25) is 0 Å². The number of piperazine rings is 1. The third kappa shape index (κ3) is 3.41. The minimum Gasteiger partial charge on any atom is -0.314 e. The maximum Gasteiger partial charge on any atom is 0.218 e. The molecule has 0 radical (unpaired) electrons. The first-order valence-corrected chi connectivity index (χ1v) is 8.41. The lowest BCUT2D eigenvalue weighted by Crippen LogP contribution is -2.52. The smallest absolute Gasteiger partial charge is 0.218 e. The third-order valence-electron chi connectivity index (χ3n) is 3.19. The molecule has 0 amide bonds. The van der Waals surface area contributed by atoms with Crippen LogP contribution in [0.25, 0.3) is 0 Å². The van der Waals surface area contributed by atoms with Crippen LogP contribution in [0.5, 0.6) is 0 Å². The van der Waals surface area contributed by atoms with Crippen LogP contribution in [0.3, 0.4) is 0 Å². The number of rotatable bonds is 3. The zero-order valence-electron chi connectivity index (χ0n) is 10.6. The first kappa shape index (κ1) is 15.1. The molecular formula is C12H16Cl2N2O2S. The number of nitrogens with zero attached hydrogens (tertiary/aromatic N) is 1. The molecule has 1 atom stereocenters. The number of hydrogen-bond donors (Lipinski definition) is 1. The molecule has 2 rings (SSSR count). The van der Waals surface area contributed by atoms with Gasteiger partial charge < -0.3 is 5.32 Å². The van der Waals surface area contributed by atoms with E-state index in [0.29, 0.717) is 35.2 Å². The van der Waals surface area contributed by atoms with Crippen molar-refractivity contribution in [3.8, 4) is 0 Å². The number of sulfonamides is 1. The summed E-state index contributed by atoms with van der Waals surface area (Å²) < 4.78 is 26.4. The number of benzene rings is 1. The summed E-state index contributed by atoms with van der Waals surface area (Å²) in [5, 5.41) is 3.94. The molecule has 1 aliphatic heterocycles. The van der Waals surface area contributed by atoms with Crippen LogP contribution < -0.4 is 5.32 Å². The van der Waals surface area contributed by atoms with Crippen molar-refractivity contribution in [2.45, 2.75) is 18.7 Å². The summed E-state index contributed by atoms with van der Waals surface area (Å²) in [5.41, 5.74) is 0.469. The normalized spacial score (nSPS) is 21.5. The van der Waals surface area contributed by atoms with Crippen molar-refractivity contribution in [2.24, 2.45) is 0 Å². The van der Waals surface area contributed by atoms with Crippen LogP contribution in [0, 0.1) is 0 Å². The quantitative estimate of drug-likeness (QED) is 0.927. The predicted octanol–water partition coefficient (Wildman–Crippen LogP) is 2.12. The van der Waals surface area contributed by atoms with Crippen LogP contribution in [0.15, 0.2) is 18.2 Å². The molecule has 1 N–H and O–H groups in total. The summed E-state index contributed by atoms with van der Waals surface area (Å²) >= 11 is 12.1. The average Bonchev–Trinajstić information content (AvgIpc) is 2.34. The lowest BCUT2D eigenvalue weighted by Gasteiger charge is -2.33. The van der Waals surface area contributed by atoms with Gasteiger partial charge in [0.25, 0.3) is 0 Å². The predicted molar refractivity (Wildman–Crippen MR) is 78.1 cm³/mol. The largest absolute Gasteiger partial charge is 0.314 e. The van der Waals surface area contributed by atoms with Crippen molar-refractivity contribution in [1.82, 2.24) is 9.62 Å². The molecule has 7 heteroatoms. The van der Waals surface area contributed by atoms with Crippen LogP contribution >= 0.6 is 23.2 Å². The lowest BCUT2D eigenvalue weighted by molar-refractivity contribution is 0.283. The summed E-state index contributed by atoms with van der Waals surface area (Å²) in [4.78, 5) is 0. The Hall–Kier alpha value is -0.330. The molecule has 1 unspecified atom stereocenters. The summed E-state index contributed by atoms with van der Waals surface area (Å²) in [7, 11) is -3.41. The molecule has 0 spiro atoms. The Morgan fingerprint density at radius 2 is 2.00 bits per heavy atom. The van der Waals surface area contributed by atoms with Gasteiger partial charge in [0.15, 0.2) is 0 Å². The van der Waals surface area contributed by atoms with Crippen LogP contribution in [0.4, 0.5) is 0 Å². The van der Waals surface area contributed by atoms with E-state index in [1.807, 2.05) is 6.92 Å². The van der Waals surface area contributed by atoms with E-state index < -0.39 is 10.0 Å². The van der Waals surface area contributed by atoms with Gasteiger partial charge in [0.05, 0.1) is 5.75 Å². The van der Waals surface area contributed by atoms with Crippen molar-refractivity contribution in [2.75, 3.05) is 19.6 Å². The second-order valence-corrected chi connectivity index (χ2v) is 7.36. The van der Waals surface area contributed by atoms with Gasteiger partial charge in [-0.05, 0) is 19.1 Å². The molecule has 1 saturated heterocycles. The van der Waals surface area contributed by atoms with E-state index in [0.717, 1.165) is 0 Å². The van der Waals surface area contributed by atoms with E-state index in [2.05, 4.69) is 5.32 Å². The SMILES string of the molecule is CC1CNCCN1S(=O)(=O)Cc1c(Cl)cccc1Cl. The first-order chi connectivity index (χ1) is 8.92. The molecule has 0 aliphatic carbocycles. The van der Waals surface area contributed by atoms with Gasteiger partial charge >= 0.3 is 0 Å². The van der Waals surface area contributed by atoms with E-state index >= 15 is 0 Å². The van der Waals surface area contributed by atoms with Crippen molar-refractivity contribution in [1.29, 1.82) is 0 Å². The fourth-order valence-electron chi connectivity index (χ4n) is 2.17. The van der Waals surface area contributed by atoms with Crippen molar-refractivity contribution in [3.63, 3.8) is 0 Å². The fraction of sp³-hybridized carbons (Fsp3) is 0.500. The highest BCUT2D eigenvalue weighted by Crippen LogP contribution is 2.27. The highest BCUT2D eigenvalue weighted by molar-refractivity contribution is 7.88. The molecule has 1 fully saturated rings. The minimum absolute atomic E-state index is 0.0555. The van der Waals surface area contributed by atoms with Gasteiger partial charge in [0.1, 0.15) is 0 Å². The molecule has 1 aromatic carbocycles. The molecule has 106 valence electrons. The zero-order valence-corrected chi connectivity index (χ0v) is 12.9. The van der Waals surface area contributed by atoms with Gasteiger partial charge in [0, 0.05) is 41.3 Å². The van der Waals surface area contributed by atoms with Crippen LogP contribution in [0.2, 0.25) is 10.0 Å². The summed E-state index contributed by atoms with van der Waals surface area (Å²) in [6.45, 7) is 3.69. The molecule has 0 saturated carbocycles. The van der Waals surface area contributed by atoms with Crippen LogP contribution in [-0.2, 0) is 15.8 Å². The second kappa shape index (κ2) is 5.97. The fourth-order valence-corrected chi connectivity index (χ4v) is 4.69. The molecule has 1 aromatic rings. The topological polar surface area (TPSA) is 49.4 Å². The zero-order chi connectivity index (χ0) is 14.0. The van der Waals surface area contributed by atoms with E-state index in [4.69, 9.17) is 23.2 Å². The molecular weight excluding hydrogens is 307 g/mol. The number of halogens is 2. The van der Waals surface area contributed by atoms with Crippen molar-refractivity contribution >= 4 is 33.2 Å². The third-order valence-corrected chi connectivity index (χ3v) is 5.80. The summed E-state index contributed by atoms with van der Waals surface area (Å²) in [6.07, 6.45) is 0. The Morgan fingerprint density at radius 1 is 1.37 bits per heavy atom. The summed E-state index contributed by atoms with van der Waals surface area (Å²) in [5.74, 6) is -0.157. The van der Waals surface area contributed by atoms with Crippen LogP contribution in [0.1, 0.15) is 12.5 Å². The van der Waals surface area contributed by atoms with Gasteiger partial charge in [-0.2, -0.15) is 4.31 Å². The highest BCUT2D eigenvalue weighted by atomic mass is 35.5. The highest BCUT2D eigenvalue weighted by Gasteiger charge is 2.30. The van der Waals surface area contributed by atoms with Gasteiger partial charge in [-0.15, -0.1) is 0 Å². The van der Waals surface area contributed by atoms with Crippen molar-refractivity contribution < 1.29 is 8.42 Å². The van der Waals surface area contributed by atoms with E-state index in [-0.39, 0.29) is 11.8 Å². The Kier molecular flexibility index (Phi) is 4.74. The molecule has 19 heavy (non-hydrogen) atoms. The number of nitrogens with one attached hydrogen (secondary N) is 1.